The summed E-state index contributed by atoms with van der Waals surface area (Å²) in [7, 11) is 2.06. The van der Waals surface area contributed by atoms with Crippen molar-refractivity contribution in [2.24, 2.45) is 0 Å². The highest BCUT2D eigenvalue weighted by atomic mass is 16.5. The summed E-state index contributed by atoms with van der Waals surface area (Å²) in [5.74, 6) is 1.44. The number of nitrogens with two attached hydrogens (primary N) is 1. The van der Waals surface area contributed by atoms with E-state index in [-0.39, 0.29) is 6.04 Å². The molecule has 7 nitrogen and oxygen atoms in total. The third-order valence-electron chi connectivity index (χ3n) is 3.23. The van der Waals surface area contributed by atoms with Gasteiger partial charge in [0.15, 0.2) is 0 Å². The van der Waals surface area contributed by atoms with Crippen molar-refractivity contribution < 1.29 is 4.52 Å². The summed E-state index contributed by atoms with van der Waals surface area (Å²) in [6.45, 7) is 1.05. The van der Waals surface area contributed by atoms with Crippen LogP contribution in [-0.4, -0.2) is 38.6 Å². The van der Waals surface area contributed by atoms with E-state index in [2.05, 4.69) is 32.1 Å². The van der Waals surface area contributed by atoms with Crippen LogP contribution in [0.2, 0.25) is 0 Å². The lowest BCUT2D eigenvalue weighted by molar-refractivity contribution is 0.245. The van der Waals surface area contributed by atoms with Crippen molar-refractivity contribution in [2.75, 3.05) is 19.3 Å². The molecule has 0 radical (unpaired) electrons. The molecule has 0 aromatic carbocycles. The number of likely N-dealkylation sites (tertiary alicyclic amines) is 1. The van der Waals surface area contributed by atoms with Crippen LogP contribution in [0.3, 0.4) is 0 Å². The fraction of sp³-hybridized carbons (Fsp3) is 0.455. The van der Waals surface area contributed by atoms with Gasteiger partial charge < -0.3 is 10.3 Å². The highest BCUT2D eigenvalue weighted by molar-refractivity contribution is 5.66. The Morgan fingerprint density at radius 1 is 1.50 bits per heavy atom. The molecule has 1 unspecified atom stereocenters. The van der Waals surface area contributed by atoms with Gasteiger partial charge in [0.25, 0.3) is 0 Å². The second kappa shape index (κ2) is 4.34. The maximum atomic E-state index is 5.76. The summed E-state index contributed by atoms with van der Waals surface area (Å²) in [5.41, 5.74) is 6.36. The molecule has 0 bridgehead atoms. The van der Waals surface area contributed by atoms with Crippen LogP contribution >= 0.6 is 0 Å². The topological polar surface area (TPSA) is 94.0 Å². The summed E-state index contributed by atoms with van der Waals surface area (Å²) in [4.78, 5) is 14.4. The zero-order valence-corrected chi connectivity index (χ0v) is 10.1. The van der Waals surface area contributed by atoms with Crippen LogP contribution in [0.1, 0.15) is 24.8 Å². The minimum absolute atomic E-state index is 0.206. The molecule has 1 aliphatic heterocycles. The quantitative estimate of drug-likeness (QED) is 0.840. The van der Waals surface area contributed by atoms with E-state index < -0.39 is 0 Å². The van der Waals surface area contributed by atoms with E-state index in [0.29, 0.717) is 23.1 Å². The molecular weight excluding hydrogens is 232 g/mol. The Morgan fingerprint density at radius 2 is 2.39 bits per heavy atom. The molecule has 18 heavy (non-hydrogen) atoms. The summed E-state index contributed by atoms with van der Waals surface area (Å²) < 4.78 is 5.31. The Labute approximate surface area is 104 Å². The molecule has 2 aromatic heterocycles. The van der Waals surface area contributed by atoms with Crippen molar-refractivity contribution in [3.05, 3.63) is 18.4 Å². The second-order valence-electron chi connectivity index (χ2n) is 4.42. The number of rotatable bonds is 2. The van der Waals surface area contributed by atoms with Crippen LogP contribution in [-0.2, 0) is 0 Å². The Morgan fingerprint density at radius 3 is 3.11 bits per heavy atom. The number of aromatic nitrogens is 4. The van der Waals surface area contributed by atoms with E-state index in [9.17, 15) is 0 Å². The van der Waals surface area contributed by atoms with Gasteiger partial charge in [0, 0.05) is 6.20 Å². The van der Waals surface area contributed by atoms with Crippen LogP contribution in [0, 0.1) is 0 Å². The van der Waals surface area contributed by atoms with Gasteiger partial charge in [-0.05, 0) is 26.4 Å². The number of anilines is 1. The summed E-state index contributed by atoms with van der Waals surface area (Å²) in [6, 6.07) is 0.206. The van der Waals surface area contributed by atoms with Crippen LogP contribution in [0.5, 0.6) is 0 Å². The summed E-state index contributed by atoms with van der Waals surface area (Å²) in [5, 5.41) is 3.95. The Bertz CT molecular complexity index is 554. The van der Waals surface area contributed by atoms with Crippen molar-refractivity contribution in [3.8, 4) is 11.4 Å². The molecule has 0 spiro atoms. The lowest BCUT2D eigenvalue weighted by Crippen LogP contribution is -2.17. The van der Waals surface area contributed by atoms with Gasteiger partial charge in [0.2, 0.25) is 11.7 Å². The monoisotopic (exact) mass is 246 g/mol. The first-order chi connectivity index (χ1) is 8.75. The first kappa shape index (κ1) is 11.1. The zero-order chi connectivity index (χ0) is 12.5. The average molecular weight is 246 g/mol. The smallest absolute Gasteiger partial charge is 0.244 e. The lowest BCUT2D eigenvalue weighted by Gasteiger charge is -2.14. The summed E-state index contributed by atoms with van der Waals surface area (Å²) in [6.07, 6.45) is 5.17. The predicted molar refractivity (Wildman–Crippen MR) is 64.3 cm³/mol. The fourth-order valence-corrected chi connectivity index (χ4v) is 2.21. The maximum Gasteiger partial charge on any atom is 0.244 e. The molecule has 7 heteroatoms. The van der Waals surface area contributed by atoms with E-state index in [1.807, 2.05) is 0 Å². The fourth-order valence-electron chi connectivity index (χ4n) is 2.21. The largest absolute Gasteiger partial charge is 0.383 e. The minimum Gasteiger partial charge on any atom is -0.383 e. The van der Waals surface area contributed by atoms with Gasteiger partial charge >= 0.3 is 0 Å². The second-order valence-corrected chi connectivity index (χ2v) is 4.42. The molecule has 1 fully saturated rings. The van der Waals surface area contributed by atoms with Gasteiger partial charge in [-0.1, -0.05) is 5.16 Å². The molecular formula is C11H14N6O. The molecule has 0 saturated carbocycles. The molecule has 3 heterocycles. The lowest BCUT2D eigenvalue weighted by atomic mass is 10.2. The average Bonchev–Trinajstić information content (AvgIpc) is 2.98. The van der Waals surface area contributed by atoms with Crippen molar-refractivity contribution in [2.45, 2.75) is 18.9 Å². The van der Waals surface area contributed by atoms with Crippen molar-refractivity contribution in [1.82, 2.24) is 25.0 Å². The van der Waals surface area contributed by atoms with E-state index in [0.717, 1.165) is 19.4 Å². The van der Waals surface area contributed by atoms with Crippen LogP contribution in [0.15, 0.2) is 17.0 Å². The van der Waals surface area contributed by atoms with Crippen LogP contribution < -0.4 is 5.73 Å². The SMILES string of the molecule is CN1CCCC1c1nc(-c2cncnc2N)no1. The van der Waals surface area contributed by atoms with E-state index in [1.54, 1.807) is 6.20 Å². The maximum absolute atomic E-state index is 5.76. The van der Waals surface area contributed by atoms with Gasteiger partial charge in [0.1, 0.15) is 12.1 Å². The number of hydrogen-bond donors (Lipinski definition) is 1. The Balaban J connectivity index is 1.92. The highest BCUT2D eigenvalue weighted by Gasteiger charge is 2.28. The normalized spacial score (nSPS) is 20.4. The van der Waals surface area contributed by atoms with Crippen LogP contribution in [0.25, 0.3) is 11.4 Å². The van der Waals surface area contributed by atoms with Crippen molar-refractivity contribution in [3.63, 3.8) is 0 Å². The molecule has 0 aliphatic carbocycles. The summed E-state index contributed by atoms with van der Waals surface area (Å²) >= 11 is 0. The number of nitrogen functional groups attached to an aromatic ring is 1. The third kappa shape index (κ3) is 1.82. The van der Waals surface area contributed by atoms with Gasteiger partial charge in [-0.25, -0.2) is 9.97 Å². The van der Waals surface area contributed by atoms with Gasteiger partial charge in [-0.15, -0.1) is 0 Å². The molecule has 1 saturated heterocycles. The first-order valence-electron chi connectivity index (χ1n) is 5.85. The van der Waals surface area contributed by atoms with E-state index >= 15 is 0 Å². The Kier molecular flexibility index (Phi) is 2.67. The van der Waals surface area contributed by atoms with Gasteiger partial charge in [-0.2, -0.15) is 4.98 Å². The zero-order valence-electron chi connectivity index (χ0n) is 10.1. The molecule has 94 valence electrons. The Hall–Kier alpha value is -2.02. The van der Waals surface area contributed by atoms with Crippen molar-refractivity contribution in [1.29, 1.82) is 0 Å². The van der Waals surface area contributed by atoms with Crippen molar-refractivity contribution >= 4 is 5.82 Å². The van der Waals surface area contributed by atoms with Gasteiger partial charge in [0.05, 0.1) is 11.6 Å². The number of nitrogens with zero attached hydrogens (tertiary/aromatic N) is 5. The molecule has 1 atom stereocenters. The number of hydrogen-bond acceptors (Lipinski definition) is 7. The minimum atomic E-state index is 0.206. The first-order valence-corrected chi connectivity index (χ1v) is 5.85. The van der Waals surface area contributed by atoms with E-state index in [4.69, 9.17) is 10.3 Å². The van der Waals surface area contributed by atoms with Crippen LogP contribution in [0.4, 0.5) is 5.82 Å². The highest BCUT2D eigenvalue weighted by Crippen LogP contribution is 2.30. The van der Waals surface area contributed by atoms with E-state index in [1.165, 1.54) is 6.33 Å². The standard InChI is InChI=1S/C11H14N6O/c1-17-4-2-3-8(17)11-15-10(16-18-11)7-5-13-6-14-9(7)12/h5-6,8H,2-4H2,1H3,(H2,12,13,14). The molecule has 2 aromatic rings. The molecule has 3 rings (SSSR count). The molecule has 0 amide bonds. The third-order valence-corrected chi connectivity index (χ3v) is 3.23. The molecule has 1 aliphatic rings. The molecule has 2 N–H and O–H groups in total. The van der Waals surface area contributed by atoms with Gasteiger partial charge in [-0.3, -0.25) is 4.90 Å². The predicted octanol–water partition coefficient (Wildman–Crippen LogP) is 0.875.